The molecule has 1 aromatic rings. The molecule has 0 bridgehead atoms. The van der Waals surface area contributed by atoms with Gasteiger partial charge in [-0.2, -0.15) is 0 Å². The van der Waals surface area contributed by atoms with Gasteiger partial charge in [0.25, 0.3) is 5.56 Å². The van der Waals surface area contributed by atoms with E-state index in [0.717, 1.165) is 15.3 Å². The first-order valence-electron chi connectivity index (χ1n) is 6.27. The van der Waals surface area contributed by atoms with Crippen molar-refractivity contribution in [2.75, 3.05) is 33.4 Å². The van der Waals surface area contributed by atoms with Gasteiger partial charge in [-0.05, 0) is 0 Å². The molecule has 0 radical (unpaired) electrons. The van der Waals surface area contributed by atoms with E-state index in [1.165, 1.54) is 14.1 Å². The lowest BCUT2D eigenvalue weighted by atomic mass is 10.6. The van der Waals surface area contributed by atoms with Crippen molar-refractivity contribution in [3.63, 3.8) is 0 Å². The fraction of sp³-hybridized carbons (Fsp3) is 0.636. The number of nitrogens with one attached hydrogen (secondary N) is 2. The fourth-order valence-electron chi connectivity index (χ4n) is 1.61. The van der Waals surface area contributed by atoms with Gasteiger partial charge in [0.15, 0.2) is 4.90 Å². The Morgan fingerprint density at radius 1 is 1.18 bits per heavy atom. The van der Waals surface area contributed by atoms with E-state index in [-0.39, 0.29) is 19.0 Å². The summed E-state index contributed by atoms with van der Waals surface area (Å²) in [6.07, 6.45) is 1.02. The molecule has 0 fully saturated rings. The first-order valence-corrected chi connectivity index (χ1v) is 7.75. The maximum atomic E-state index is 12.1. The number of rotatable bonds is 8. The first-order chi connectivity index (χ1) is 9.81. The Bertz CT molecular complexity index is 697. The molecule has 1 heterocycles. The summed E-state index contributed by atoms with van der Waals surface area (Å²) in [4.78, 5) is 22.9. The third kappa shape index (κ3) is 5.21. The van der Waals surface area contributed by atoms with Crippen molar-refractivity contribution in [2.24, 2.45) is 14.1 Å². The van der Waals surface area contributed by atoms with E-state index in [1.807, 2.05) is 0 Å². The van der Waals surface area contributed by atoms with E-state index in [4.69, 9.17) is 4.74 Å². The molecule has 0 aliphatic carbocycles. The summed E-state index contributed by atoms with van der Waals surface area (Å²) in [7, 11) is 0.224. The summed E-state index contributed by atoms with van der Waals surface area (Å²) in [5, 5.41) is 2.97. The fourth-order valence-corrected chi connectivity index (χ4v) is 2.80. The first kappa shape index (κ1) is 20.8. The van der Waals surface area contributed by atoms with Crippen molar-refractivity contribution in [1.82, 2.24) is 19.2 Å². The maximum absolute atomic E-state index is 12.1. The summed E-state index contributed by atoms with van der Waals surface area (Å²) >= 11 is 0. The van der Waals surface area contributed by atoms with Gasteiger partial charge < -0.3 is 14.6 Å². The molecule has 1 aromatic heterocycles. The molecule has 22 heavy (non-hydrogen) atoms. The van der Waals surface area contributed by atoms with E-state index in [0.29, 0.717) is 19.7 Å². The smallest absolute Gasteiger partial charge is 0.330 e. The van der Waals surface area contributed by atoms with Crippen LogP contribution in [0.25, 0.3) is 0 Å². The maximum Gasteiger partial charge on any atom is 0.330 e. The molecule has 0 atom stereocenters. The number of methoxy groups -OCH3 is 1. The molecule has 2 N–H and O–H groups in total. The van der Waals surface area contributed by atoms with Crippen molar-refractivity contribution in [1.29, 1.82) is 0 Å². The highest BCUT2D eigenvalue weighted by Gasteiger charge is 2.20. The van der Waals surface area contributed by atoms with Crippen molar-refractivity contribution < 1.29 is 13.2 Å². The minimum atomic E-state index is -3.96. The van der Waals surface area contributed by atoms with Gasteiger partial charge in [0, 0.05) is 47.0 Å². The van der Waals surface area contributed by atoms with E-state index in [9.17, 15) is 18.0 Å². The van der Waals surface area contributed by atoms with Crippen LogP contribution in [0.5, 0.6) is 0 Å². The summed E-state index contributed by atoms with van der Waals surface area (Å²) in [6.45, 7) is 1.64. The molecule has 0 aromatic carbocycles. The predicted octanol–water partition coefficient (Wildman–Crippen LogP) is -1.98. The number of hydrogen-bond acceptors (Lipinski definition) is 6. The highest BCUT2D eigenvalue weighted by Crippen LogP contribution is 1.98. The molecule has 0 saturated carbocycles. The van der Waals surface area contributed by atoms with Gasteiger partial charge in [0.05, 0.1) is 6.61 Å². The molecule has 0 amide bonds. The molecular weight excluding hydrogens is 336 g/mol. The lowest BCUT2D eigenvalue weighted by Gasteiger charge is -2.09. The minimum Gasteiger partial charge on any atom is -0.383 e. The van der Waals surface area contributed by atoms with Gasteiger partial charge in [-0.25, -0.2) is 17.9 Å². The standard InChI is InChI=1S/C11H20N4O5S.ClH/c1-14-8-9(10(16)15(2)11(14)17)21(18,19)13-5-4-12-6-7-20-3;/h8,12-13H,4-7H2,1-3H3;1H. The van der Waals surface area contributed by atoms with Crippen LogP contribution < -0.4 is 21.3 Å². The largest absolute Gasteiger partial charge is 0.383 e. The van der Waals surface area contributed by atoms with Gasteiger partial charge in [0.2, 0.25) is 10.0 Å². The van der Waals surface area contributed by atoms with E-state index >= 15 is 0 Å². The lowest BCUT2D eigenvalue weighted by Crippen LogP contribution is -2.42. The molecule has 9 nitrogen and oxygen atoms in total. The Hall–Kier alpha value is -1.20. The van der Waals surface area contributed by atoms with Crippen molar-refractivity contribution in [3.8, 4) is 0 Å². The van der Waals surface area contributed by atoms with Crippen LogP contribution in [0.4, 0.5) is 0 Å². The second kappa shape index (κ2) is 9.06. The van der Waals surface area contributed by atoms with Gasteiger partial charge in [-0.3, -0.25) is 9.36 Å². The van der Waals surface area contributed by atoms with Crippen molar-refractivity contribution in [3.05, 3.63) is 27.0 Å². The van der Waals surface area contributed by atoms with Crippen molar-refractivity contribution in [2.45, 2.75) is 4.90 Å². The topological polar surface area (TPSA) is 111 Å². The second-order valence-electron chi connectivity index (χ2n) is 4.39. The molecular formula is C11H21ClN4O5S. The zero-order valence-corrected chi connectivity index (χ0v) is 14.3. The average molecular weight is 357 g/mol. The number of aryl methyl sites for hydroxylation is 1. The summed E-state index contributed by atoms with van der Waals surface area (Å²) in [5.41, 5.74) is -1.43. The number of aromatic nitrogens is 2. The highest BCUT2D eigenvalue weighted by atomic mass is 35.5. The number of halogens is 1. The Labute approximate surface area is 134 Å². The van der Waals surface area contributed by atoms with Crippen LogP contribution in [0, 0.1) is 0 Å². The Morgan fingerprint density at radius 3 is 2.41 bits per heavy atom. The molecule has 0 aliphatic heterocycles. The van der Waals surface area contributed by atoms with Gasteiger partial charge >= 0.3 is 5.69 Å². The van der Waals surface area contributed by atoms with Crippen LogP contribution in [0.15, 0.2) is 20.7 Å². The minimum absolute atomic E-state index is 0. The Morgan fingerprint density at radius 2 is 1.82 bits per heavy atom. The van der Waals surface area contributed by atoms with E-state index in [2.05, 4.69) is 10.0 Å². The zero-order valence-electron chi connectivity index (χ0n) is 12.7. The second-order valence-corrected chi connectivity index (χ2v) is 6.13. The average Bonchev–Trinajstić information content (AvgIpc) is 2.44. The molecule has 128 valence electrons. The third-order valence-corrected chi connectivity index (χ3v) is 4.22. The van der Waals surface area contributed by atoms with Crippen molar-refractivity contribution >= 4 is 22.4 Å². The third-order valence-electron chi connectivity index (χ3n) is 2.78. The summed E-state index contributed by atoms with van der Waals surface area (Å²) in [6, 6.07) is 0. The van der Waals surface area contributed by atoms with Crippen LogP contribution in [-0.2, 0) is 28.9 Å². The molecule has 0 aliphatic rings. The summed E-state index contributed by atoms with van der Waals surface area (Å²) in [5.74, 6) is 0. The zero-order chi connectivity index (χ0) is 16.0. The van der Waals surface area contributed by atoms with Gasteiger partial charge in [-0.1, -0.05) is 0 Å². The van der Waals surface area contributed by atoms with Crippen LogP contribution in [0.3, 0.4) is 0 Å². The molecule has 0 spiro atoms. The van der Waals surface area contributed by atoms with Gasteiger partial charge in [0.1, 0.15) is 0 Å². The normalized spacial score (nSPS) is 11.2. The number of ether oxygens (including phenoxy) is 1. The number of sulfonamides is 1. The number of hydrogen-bond donors (Lipinski definition) is 2. The lowest BCUT2D eigenvalue weighted by molar-refractivity contribution is 0.199. The number of nitrogens with zero attached hydrogens (tertiary/aromatic N) is 2. The van der Waals surface area contributed by atoms with E-state index < -0.39 is 26.2 Å². The molecule has 1 rings (SSSR count). The Kier molecular flexibility index (Phi) is 8.56. The van der Waals surface area contributed by atoms with Gasteiger partial charge in [-0.15, -0.1) is 12.4 Å². The Balaban J connectivity index is 0.00000441. The van der Waals surface area contributed by atoms with Crippen LogP contribution in [0.2, 0.25) is 0 Å². The predicted molar refractivity (Wildman–Crippen MR) is 84.1 cm³/mol. The van der Waals surface area contributed by atoms with Crippen LogP contribution in [0.1, 0.15) is 0 Å². The monoisotopic (exact) mass is 356 g/mol. The molecule has 0 unspecified atom stereocenters. The SMILES string of the molecule is COCCNCCNS(=O)(=O)c1cn(C)c(=O)n(C)c1=O.Cl. The van der Waals surface area contributed by atoms with E-state index in [1.54, 1.807) is 7.11 Å². The summed E-state index contributed by atoms with van der Waals surface area (Å²) < 4.78 is 33.1. The molecule has 0 saturated heterocycles. The van der Waals surface area contributed by atoms with Crippen LogP contribution >= 0.6 is 12.4 Å². The quantitative estimate of drug-likeness (QED) is 0.522. The highest BCUT2D eigenvalue weighted by molar-refractivity contribution is 7.89. The van der Waals surface area contributed by atoms with Crippen LogP contribution in [-0.4, -0.2) is 50.9 Å². The molecule has 11 heteroatoms.